The lowest BCUT2D eigenvalue weighted by Gasteiger charge is -2.09. The van der Waals surface area contributed by atoms with E-state index in [-0.39, 0.29) is 25.6 Å². The number of aliphatic hydroxyl groups is 1. The molecule has 0 fully saturated rings. The Balaban J connectivity index is 1.95. The molecule has 0 radical (unpaired) electrons. The van der Waals surface area contributed by atoms with Crippen LogP contribution in [0.4, 0.5) is 0 Å². The van der Waals surface area contributed by atoms with Crippen molar-refractivity contribution in [3.8, 4) is 11.3 Å². The van der Waals surface area contributed by atoms with Gasteiger partial charge in [0.2, 0.25) is 0 Å². The molecule has 0 atom stereocenters. The van der Waals surface area contributed by atoms with Crippen molar-refractivity contribution in [2.45, 2.75) is 12.8 Å². The topological polar surface area (TPSA) is 72.3 Å². The summed E-state index contributed by atoms with van der Waals surface area (Å²) in [7, 11) is 0. The lowest BCUT2D eigenvalue weighted by Crippen LogP contribution is -2.10. The molecule has 25 heavy (non-hydrogen) atoms. The van der Waals surface area contributed by atoms with Crippen molar-refractivity contribution in [2.24, 2.45) is 0 Å². The van der Waals surface area contributed by atoms with E-state index in [1.165, 1.54) is 0 Å². The van der Waals surface area contributed by atoms with Crippen LogP contribution in [0.5, 0.6) is 0 Å². The molecule has 6 heteroatoms. The third-order valence-corrected chi connectivity index (χ3v) is 3.89. The zero-order valence-corrected chi connectivity index (χ0v) is 14.2. The van der Waals surface area contributed by atoms with Gasteiger partial charge in [0.05, 0.1) is 24.2 Å². The number of aliphatic hydroxyl groups excluding tert-OH is 1. The standard InChI is InChI=1S/C19H17ClN2O3/c20-14-6-7-16-15(12-14)19(13-4-2-1-3-5-13)22-17(21-16)8-9-18(24)25-11-10-23/h1-7,12,23H,8-11H2. The lowest BCUT2D eigenvalue weighted by atomic mass is 10.1. The number of nitrogens with zero attached hydrogens (tertiary/aromatic N) is 2. The maximum absolute atomic E-state index is 11.6. The summed E-state index contributed by atoms with van der Waals surface area (Å²) >= 11 is 6.13. The van der Waals surface area contributed by atoms with Gasteiger partial charge in [-0.2, -0.15) is 0 Å². The summed E-state index contributed by atoms with van der Waals surface area (Å²) in [5.74, 6) is 0.185. The Morgan fingerprint density at radius 3 is 2.68 bits per heavy atom. The smallest absolute Gasteiger partial charge is 0.306 e. The van der Waals surface area contributed by atoms with E-state index in [2.05, 4.69) is 9.97 Å². The number of halogens is 1. The number of hydrogen-bond acceptors (Lipinski definition) is 5. The second kappa shape index (κ2) is 8.05. The first-order valence-corrected chi connectivity index (χ1v) is 8.33. The largest absolute Gasteiger partial charge is 0.463 e. The third-order valence-electron chi connectivity index (χ3n) is 3.66. The highest BCUT2D eigenvalue weighted by atomic mass is 35.5. The molecule has 1 heterocycles. The second-order valence-corrected chi connectivity index (χ2v) is 5.90. The number of carbonyl (C=O) groups is 1. The highest BCUT2D eigenvalue weighted by molar-refractivity contribution is 6.31. The van der Waals surface area contributed by atoms with Gasteiger partial charge in [0.1, 0.15) is 12.4 Å². The molecule has 0 bridgehead atoms. The molecule has 0 amide bonds. The van der Waals surface area contributed by atoms with Crippen LogP contribution in [0, 0.1) is 0 Å². The van der Waals surface area contributed by atoms with E-state index >= 15 is 0 Å². The van der Waals surface area contributed by atoms with Gasteiger partial charge >= 0.3 is 5.97 Å². The van der Waals surface area contributed by atoms with E-state index in [0.29, 0.717) is 17.3 Å². The SMILES string of the molecule is O=C(CCc1nc(-c2ccccc2)c2cc(Cl)ccc2n1)OCCO. The monoisotopic (exact) mass is 356 g/mol. The predicted octanol–water partition coefficient (Wildman–Crippen LogP) is 3.42. The molecule has 3 aromatic rings. The van der Waals surface area contributed by atoms with E-state index in [9.17, 15) is 4.79 Å². The van der Waals surface area contributed by atoms with Gasteiger partial charge in [-0.05, 0) is 18.2 Å². The molecule has 0 saturated heterocycles. The second-order valence-electron chi connectivity index (χ2n) is 5.46. The summed E-state index contributed by atoms with van der Waals surface area (Å²) in [4.78, 5) is 20.8. The van der Waals surface area contributed by atoms with Crippen molar-refractivity contribution < 1.29 is 14.6 Å². The fourth-order valence-electron chi connectivity index (χ4n) is 2.52. The molecule has 0 unspecified atom stereocenters. The Kier molecular flexibility index (Phi) is 5.58. The zero-order valence-electron chi connectivity index (χ0n) is 13.5. The number of ether oxygens (including phenoxy) is 1. The molecular weight excluding hydrogens is 340 g/mol. The van der Waals surface area contributed by atoms with Gasteiger partial charge in [0.15, 0.2) is 0 Å². The van der Waals surface area contributed by atoms with E-state index in [1.807, 2.05) is 42.5 Å². The fourth-order valence-corrected chi connectivity index (χ4v) is 2.69. The highest BCUT2D eigenvalue weighted by Crippen LogP contribution is 2.28. The van der Waals surface area contributed by atoms with Crippen molar-refractivity contribution in [2.75, 3.05) is 13.2 Å². The lowest BCUT2D eigenvalue weighted by molar-refractivity contribution is -0.144. The van der Waals surface area contributed by atoms with Gasteiger partial charge in [0.25, 0.3) is 0 Å². The molecular formula is C19H17ClN2O3. The van der Waals surface area contributed by atoms with Crippen molar-refractivity contribution in [1.82, 2.24) is 9.97 Å². The molecule has 128 valence electrons. The Morgan fingerprint density at radius 2 is 1.92 bits per heavy atom. The number of esters is 1. The molecule has 0 spiro atoms. The summed E-state index contributed by atoms with van der Waals surface area (Å²) in [6.45, 7) is -0.178. The van der Waals surface area contributed by atoms with Crippen LogP contribution in [0.2, 0.25) is 5.02 Å². The van der Waals surface area contributed by atoms with Gasteiger partial charge in [-0.3, -0.25) is 4.79 Å². The van der Waals surface area contributed by atoms with Crippen molar-refractivity contribution in [3.05, 3.63) is 59.4 Å². The first kappa shape index (κ1) is 17.3. The summed E-state index contributed by atoms with van der Waals surface area (Å²) < 4.78 is 4.87. The number of fused-ring (bicyclic) bond motifs is 1. The molecule has 3 rings (SSSR count). The minimum Gasteiger partial charge on any atom is -0.463 e. The third kappa shape index (κ3) is 4.32. The van der Waals surface area contributed by atoms with Gasteiger partial charge in [-0.15, -0.1) is 0 Å². The normalized spacial score (nSPS) is 10.8. The maximum Gasteiger partial charge on any atom is 0.306 e. The van der Waals surface area contributed by atoms with Crippen LogP contribution >= 0.6 is 11.6 Å². The van der Waals surface area contributed by atoms with Gasteiger partial charge in [-0.1, -0.05) is 41.9 Å². The summed E-state index contributed by atoms with van der Waals surface area (Å²) in [6, 6.07) is 15.3. The molecule has 0 aliphatic heterocycles. The van der Waals surface area contributed by atoms with Crippen molar-refractivity contribution in [3.63, 3.8) is 0 Å². The van der Waals surface area contributed by atoms with Gasteiger partial charge in [0, 0.05) is 22.4 Å². The predicted molar refractivity (Wildman–Crippen MR) is 96.3 cm³/mol. The number of aryl methyl sites for hydroxylation is 1. The molecule has 0 saturated carbocycles. The van der Waals surface area contributed by atoms with Crippen LogP contribution in [-0.4, -0.2) is 34.3 Å². The minimum atomic E-state index is -0.380. The average molecular weight is 357 g/mol. The Morgan fingerprint density at radius 1 is 1.12 bits per heavy atom. The van der Waals surface area contributed by atoms with Crippen molar-refractivity contribution in [1.29, 1.82) is 0 Å². The quantitative estimate of drug-likeness (QED) is 0.685. The Bertz CT molecular complexity index is 884. The fraction of sp³-hybridized carbons (Fsp3) is 0.211. The van der Waals surface area contributed by atoms with E-state index in [4.69, 9.17) is 21.4 Å². The number of aromatic nitrogens is 2. The molecule has 0 aliphatic carbocycles. The van der Waals surface area contributed by atoms with Crippen LogP contribution in [0.25, 0.3) is 22.2 Å². The first-order chi connectivity index (χ1) is 12.2. The van der Waals surface area contributed by atoms with Gasteiger partial charge in [-0.25, -0.2) is 9.97 Å². The van der Waals surface area contributed by atoms with Gasteiger partial charge < -0.3 is 9.84 Å². The zero-order chi connectivity index (χ0) is 17.6. The number of benzene rings is 2. The maximum atomic E-state index is 11.6. The van der Waals surface area contributed by atoms with E-state index in [0.717, 1.165) is 22.2 Å². The van der Waals surface area contributed by atoms with Crippen LogP contribution in [-0.2, 0) is 16.0 Å². The summed E-state index contributed by atoms with van der Waals surface area (Å²) in [5, 5.41) is 10.2. The molecule has 1 aromatic heterocycles. The minimum absolute atomic E-state index is 0.00513. The average Bonchev–Trinajstić information content (AvgIpc) is 2.65. The first-order valence-electron chi connectivity index (χ1n) is 7.95. The highest BCUT2D eigenvalue weighted by Gasteiger charge is 2.12. The Hall–Kier alpha value is -2.50. The van der Waals surface area contributed by atoms with E-state index < -0.39 is 0 Å². The van der Waals surface area contributed by atoms with E-state index in [1.54, 1.807) is 6.07 Å². The summed E-state index contributed by atoms with van der Waals surface area (Å²) in [5.41, 5.74) is 2.52. The molecule has 2 aromatic carbocycles. The van der Waals surface area contributed by atoms with Crippen molar-refractivity contribution >= 4 is 28.5 Å². The molecule has 0 aliphatic rings. The number of rotatable bonds is 6. The van der Waals surface area contributed by atoms with Crippen LogP contribution in [0.1, 0.15) is 12.2 Å². The van der Waals surface area contributed by atoms with Crippen LogP contribution in [0.15, 0.2) is 48.5 Å². The van der Waals surface area contributed by atoms with Crippen LogP contribution in [0.3, 0.4) is 0 Å². The van der Waals surface area contributed by atoms with Crippen LogP contribution < -0.4 is 0 Å². The molecule has 1 N–H and O–H groups in total. The molecule has 5 nitrogen and oxygen atoms in total. The summed E-state index contributed by atoms with van der Waals surface area (Å²) in [6.07, 6.45) is 0.524. The Labute approximate surface area is 150 Å². The number of hydrogen-bond donors (Lipinski definition) is 1. The number of carbonyl (C=O) groups excluding carboxylic acids is 1.